The van der Waals surface area contributed by atoms with Gasteiger partial charge in [-0.2, -0.15) is 0 Å². The van der Waals surface area contributed by atoms with Gasteiger partial charge >= 0.3 is 0 Å². The van der Waals surface area contributed by atoms with E-state index in [-0.39, 0.29) is 11.9 Å². The average Bonchev–Trinajstić information content (AvgIpc) is 2.77. The molecule has 0 aromatic carbocycles. The molecule has 1 amide bonds. The number of amides is 1. The van der Waals surface area contributed by atoms with Gasteiger partial charge in [-0.25, -0.2) is 0 Å². The summed E-state index contributed by atoms with van der Waals surface area (Å²) in [6, 6.07) is 0.916. The summed E-state index contributed by atoms with van der Waals surface area (Å²) in [4.78, 5) is 12.1. The van der Waals surface area contributed by atoms with E-state index in [2.05, 4.69) is 24.5 Å². The summed E-state index contributed by atoms with van der Waals surface area (Å²) in [5.74, 6) is 3.94. The highest BCUT2D eigenvalue weighted by Gasteiger charge is 2.65. The van der Waals surface area contributed by atoms with E-state index in [1.807, 2.05) is 6.92 Å². The lowest BCUT2D eigenvalue weighted by Gasteiger charge is -2.19. The molecule has 3 rings (SSSR count). The van der Waals surface area contributed by atoms with Gasteiger partial charge in [0.1, 0.15) is 0 Å². The summed E-state index contributed by atoms with van der Waals surface area (Å²) >= 11 is 0. The van der Waals surface area contributed by atoms with E-state index in [9.17, 15) is 4.79 Å². The summed E-state index contributed by atoms with van der Waals surface area (Å²) in [7, 11) is 0. The fraction of sp³-hybridized carbons (Fsp3) is 0.938. The summed E-state index contributed by atoms with van der Waals surface area (Å²) in [5.41, 5.74) is 0. The van der Waals surface area contributed by atoms with Crippen molar-refractivity contribution in [1.29, 1.82) is 0 Å². The first kappa shape index (κ1) is 13.4. The van der Waals surface area contributed by atoms with Gasteiger partial charge in [0.2, 0.25) is 5.91 Å². The molecule has 3 fully saturated rings. The first-order chi connectivity index (χ1) is 9.11. The second-order valence-electron chi connectivity index (χ2n) is 7.10. The zero-order valence-corrected chi connectivity index (χ0v) is 12.5. The molecule has 0 saturated heterocycles. The van der Waals surface area contributed by atoms with E-state index in [0.29, 0.717) is 12.1 Å². The molecule has 3 heteroatoms. The second kappa shape index (κ2) is 5.08. The fourth-order valence-corrected chi connectivity index (χ4v) is 4.79. The molecule has 3 aliphatic rings. The lowest BCUT2D eigenvalue weighted by Crippen LogP contribution is -2.47. The van der Waals surface area contributed by atoms with Crippen molar-refractivity contribution in [2.45, 2.75) is 71.0 Å². The molecule has 0 heterocycles. The van der Waals surface area contributed by atoms with Crippen LogP contribution in [0.2, 0.25) is 0 Å². The Morgan fingerprint density at radius 3 is 2.42 bits per heavy atom. The number of rotatable bonds is 6. The minimum absolute atomic E-state index is 0.0330. The van der Waals surface area contributed by atoms with Crippen molar-refractivity contribution in [2.75, 3.05) is 0 Å². The van der Waals surface area contributed by atoms with Gasteiger partial charge in [-0.1, -0.05) is 13.3 Å². The van der Waals surface area contributed by atoms with Gasteiger partial charge in [0.15, 0.2) is 0 Å². The molecule has 108 valence electrons. The first-order valence-electron chi connectivity index (χ1n) is 8.18. The van der Waals surface area contributed by atoms with Crippen LogP contribution in [0.4, 0.5) is 0 Å². The minimum atomic E-state index is -0.0330. The van der Waals surface area contributed by atoms with Gasteiger partial charge in [0.25, 0.3) is 0 Å². The molecule has 6 atom stereocenters. The number of nitrogens with one attached hydrogen (secondary N) is 2. The first-order valence-corrected chi connectivity index (χ1v) is 8.18. The Morgan fingerprint density at radius 1 is 1.21 bits per heavy atom. The molecule has 0 spiro atoms. The van der Waals surface area contributed by atoms with Gasteiger partial charge in [0, 0.05) is 12.1 Å². The maximum atomic E-state index is 12.1. The number of carbonyl (C=O) groups is 1. The van der Waals surface area contributed by atoms with Crippen LogP contribution in [-0.2, 0) is 4.79 Å². The summed E-state index contributed by atoms with van der Waals surface area (Å²) in [5, 5.41) is 6.71. The third kappa shape index (κ3) is 2.42. The van der Waals surface area contributed by atoms with Crippen molar-refractivity contribution in [3.05, 3.63) is 0 Å². The summed E-state index contributed by atoms with van der Waals surface area (Å²) < 4.78 is 0. The van der Waals surface area contributed by atoms with E-state index < -0.39 is 0 Å². The van der Waals surface area contributed by atoms with Crippen molar-refractivity contribution >= 4 is 5.91 Å². The van der Waals surface area contributed by atoms with Crippen molar-refractivity contribution in [3.63, 3.8) is 0 Å². The Labute approximate surface area is 116 Å². The highest BCUT2D eigenvalue weighted by atomic mass is 16.2. The standard InChI is InChI=1S/C16H28N2O/c1-4-5-9(2)17-16(19)10(3)18-15-13-11-6-7-12(8-11)14(13)15/h9-15,18H,4-8H2,1-3H3,(H,17,19). The number of hydrogen-bond acceptors (Lipinski definition) is 2. The van der Waals surface area contributed by atoms with Crippen molar-refractivity contribution in [3.8, 4) is 0 Å². The monoisotopic (exact) mass is 264 g/mol. The molecular weight excluding hydrogens is 236 g/mol. The molecule has 0 radical (unpaired) electrons. The molecule has 0 aliphatic heterocycles. The molecule has 0 aromatic rings. The second-order valence-corrected chi connectivity index (χ2v) is 7.10. The van der Waals surface area contributed by atoms with E-state index in [4.69, 9.17) is 0 Å². The maximum absolute atomic E-state index is 12.1. The van der Waals surface area contributed by atoms with Crippen LogP contribution >= 0.6 is 0 Å². The number of hydrogen-bond donors (Lipinski definition) is 2. The van der Waals surface area contributed by atoms with E-state index >= 15 is 0 Å². The Bertz CT molecular complexity index is 341. The Kier molecular flexibility index (Phi) is 3.59. The van der Waals surface area contributed by atoms with Crippen LogP contribution in [0, 0.1) is 23.7 Å². The molecular formula is C16H28N2O. The fourth-order valence-electron chi connectivity index (χ4n) is 4.79. The van der Waals surface area contributed by atoms with E-state index in [0.717, 1.165) is 36.5 Å². The zero-order chi connectivity index (χ0) is 13.6. The molecule has 3 aliphatic carbocycles. The third-order valence-electron chi connectivity index (χ3n) is 5.68. The Balaban J connectivity index is 1.45. The Morgan fingerprint density at radius 2 is 1.84 bits per heavy atom. The third-order valence-corrected chi connectivity index (χ3v) is 5.68. The van der Waals surface area contributed by atoms with Crippen molar-refractivity contribution < 1.29 is 4.79 Å². The van der Waals surface area contributed by atoms with Crippen LogP contribution in [0.1, 0.15) is 52.9 Å². The van der Waals surface area contributed by atoms with Crippen molar-refractivity contribution in [2.24, 2.45) is 23.7 Å². The smallest absolute Gasteiger partial charge is 0.237 e. The van der Waals surface area contributed by atoms with Crippen LogP contribution in [0.5, 0.6) is 0 Å². The van der Waals surface area contributed by atoms with E-state index in [1.165, 1.54) is 19.3 Å². The summed E-state index contributed by atoms with van der Waals surface area (Å²) in [6.45, 7) is 6.27. The highest BCUT2D eigenvalue weighted by Crippen LogP contribution is 2.65. The van der Waals surface area contributed by atoms with Crippen molar-refractivity contribution in [1.82, 2.24) is 10.6 Å². The molecule has 3 saturated carbocycles. The van der Waals surface area contributed by atoms with Crippen LogP contribution in [-0.4, -0.2) is 24.0 Å². The SMILES string of the molecule is CCCC(C)NC(=O)C(C)NC1C2C3CCC(C3)C12. The predicted molar refractivity (Wildman–Crippen MR) is 76.7 cm³/mol. The van der Waals surface area contributed by atoms with Crippen LogP contribution < -0.4 is 10.6 Å². The van der Waals surface area contributed by atoms with Crippen LogP contribution in [0.25, 0.3) is 0 Å². The molecule has 0 aromatic heterocycles. The molecule has 2 N–H and O–H groups in total. The van der Waals surface area contributed by atoms with Gasteiger partial charge in [0.05, 0.1) is 6.04 Å². The minimum Gasteiger partial charge on any atom is -0.352 e. The quantitative estimate of drug-likeness (QED) is 0.773. The van der Waals surface area contributed by atoms with Crippen LogP contribution in [0.3, 0.4) is 0 Å². The molecule has 19 heavy (non-hydrogen) atoms. The largest absolute Gasteiger partial charge is 0.352 e. The lowest BCUT2D eigenvalue weighted by atomic mass is 10.0. The predicted octanol–water partition coefficient (Wildman–Crippen LogP) is 2.31. The summed E-state index contributed by atoms with van der Waals surface area (Å²) in [6.07, 6.45) is 6.55. The van der Waals surface area contributed by atoms with Gasteiger partial charge < -0.3 is 10.6 Å². The maximum Gasteiger partial charge on any atom is 0.237 e. The topological polar surface area (TPSA) is 41.1 Å². The van der Waals surface area contributed by atoms with Crippen LogP contribution in [0.15, 0.2) is 0 Å². The molecule has 3 nitrogen and oxygen atoms in total. The highest BCUT2D eigenvalue weighted by molar-refractivity contribution is 5.81. The zero-order valence-electron chi connectivity index (χ0n) is 12.5. The number of fused-ring (bicyclic) bond motifs is 5. The van der Waals surface area contributed by atoms with Gasteiger partial charge in [-0.15, -0.1) is 0 Å². The molecule has 2 bridgehead atoms. The van der Waals surface area contributed by atoms with Gasteiger partial charge in [-0.3, -0.25) is 4.79 Å². The average molecular weight is 264 g/mol. The lowest BCUT2D eigenvalue weighted by molar-refractivity contribution is -0.123. The van der Waals surface area contributed by atoms with Gasteiger partial charge in [-0.05, 0) is 63.2 Å². The van der Waals surface area contributed by atoms with E-state index in [1.54, 1.807) is 0 Å². The Hall–Kier alpha value is -0.570. The normalized spacial score (nSPS) is 41.7. The number of carbonyl (C=O) groups excluding carboxylic acids is 1. The molecule has 6 unspecified atom stereocenters.